The summed E-state index contributed by atoms with van der Waals surface area (Å²) in [4.78, 5) is 14.3. The Morgan fingerprint density at radius 3 is 2.85 bits per heavy atom. The van der Waals surface area contributed by atoms with Crippen molar-refractivity contribution in [3.05, 3.63) is 0 Å². The largest absolute Gasteiger partial charge is 0.383 e. The summed E-state index contributed by atoms with van der Waals surface area (Å²) < 4.78 is 4.92. The van der Waals surface area contributed by atoms with Gasteiger partial charge in [0.05, 0.1) is 13.2 Å². The van der Waals surface area contributed by atoms with E-state index in [1.54, 1.807) is 7.11 Å². The van der Waals surface area contributed by atoms with Gasteiger partial charge in [0.1, 0.15) is 0 Å². The van der Waals surface area contributed by atoms with Crippen LogP contribution in [0.4, 0.5) is 0 Å². The molecule has 2 heterocycles. The fraction of sp³-hybridized carbons (Fsp3) is 0.923. The van der Waals surface area contributed by atoms with Crippen LogP contribution in [0.1, 0.15) is 25.7 Å². The number of ether oxygens (including phenoxy) is 1. The molecule has 2 N–H and O–H groups in total. The van der Waals surface area contributed by atoms with Crippen molar-refractivity contribution in [2.75, 3.05) is 39.9 Å². The molecule has 0 spiro atoms. The first-order chi connectivity index (χ1) is 8.79. The van der Waals surface area contributed by atoms with Crippen LogP contribution in [0.15, 0.2) is 0 Å². The maximum atomic E-state index is 11.7. The van der Waals surface area contributed by atoms with E-state index in [1.165, 1.54) is 19.4 Å². The summed E-state index contributed by atoms with van der Waals surface area (Å²) in [5, 5.41) is 6.21. The van der Waals surface area contributed by atoms with Crippen molar-refractivity contribution in [2.24, 2.45) is 0 Å². The molecule has 7 heteroatoms. The lowest BCUT2D eigenvalue weighted by Gasteiger charge is -2.35. The summed E-state index contributed by atoms with van der Waals surface area (Å²) in [6, 6.07) is 1.09. The van der Waals surface area contributed by atoms with Crippen LogP contribution < -0.4 is 10.6 Å². The van der Waals surface area contributed by atoms with Gasteiger partial charge >= 0.3 is 0 Å². The molecule has 2 aliphatic heterocycles. The summed E-state index contributed by atoms with van der Waals surface area (Å²) >= 11 is 0. The maximum absolute atomic E-state index is 11.7. The van der Waals surface area contributed by atoms with Gasteiger partial charge in [-0.3, -0.25) is 4.79 Å². The third-order valence-electron chi connectivity index (χ3n) is 3.95. The first-order valence-electron chi connectivity index (χ1n) is 7.02. The number of amides is 1. The molecule has 0 aromatic carbocycles. The van der Waals surface area contributed by atoms with E-state index in [9.17, 15) is 4.79 Å². The topological polar surface area (TPSA) is 53.6 Å². The van der Waals surface area contributed by atoms with E-state index in [4.69, 9.17) is 4.74 Å². The van der Waals surface area contributed by atoms with Crippen LogP contribution in [0.25, 0.3) is 0 Å². The zero-order valence-electron chi connectivity index (χ0n) is 12.1. The number of nitrogens with zero attached hydrogens (tertiary/aromatic N) is 1. The average Bonchev–Trinajstić information content (AvgIpc) is 2.82. The molecule has 2 saturated heterocycles. The number of fused-ring (bicyclic) bond motifs is 1. The van der Waals surface area contributed by atoms with E-state index in [1.807, 2.05) is 0 Å². The van der Waals surface area contributed by atoms with Gasteiger partial charge in [-0.2, -0.15) is 0 Å². The van der Waals surface area contributed by atoms with Crippen molar-refractivity contribution in [1.29, 1.82) is 0 Å². The molecule has 2 aliphatic rings. The van der Waals surface area contributed by atoms with Crippen LogP contribution >= 0.6 is 24.8 Å². The average molecular weight is 328 g/mol. The van der Waals surface area contributed by atoms with Gasteiger partial charge in [0.2, 0.25) is 5.91 Å². The number of piperidine rings is 1. The van der Waals surface area contributed by atoms with Gasteiger partial charge in [-0.15, -0.1) is 24.8 Å². The molecule has 0 bridgehead atoms. The van der Waals surface area contributed by atoms with Gasteiger partial charge in [0, 0.05) is 32.3 Å². The zero-order chi connectivity index (χ0) is 12.8. The van der Waals surface area contributed by atoms with E-state index in [0.717, 1.165) is 25.9 Å². The van der Waals surface area contributed by atoms with Gasteiger partial charge in [0.15, 0.2) is 0 Å². The number of halogens is 2. The van der Waals surface area contributed by atoms with Gasteiger partial charge in [-0.05, 0) is 32.2 Å². The molecule has 0 aromatic heterocycles. The molecular weight excluding hydrogens is 301 g/mol. The summed E-state index contributed by atoms with van der Waals surface area (Å²) in [6.45, 7) is 4.17. The molecule has 2 fully saturated rings. The molecular formula is C13H27Cl2N3O2. The van der Waals surface area contributed by atoms with Gasteiger partial charge in [-0.25, -0.2) is 0 Å². The third kappa shape index (κ3) is 6.14. The van der Waals surface area contributed by atoms with E-state index in [2.05, 4.69) is 15.5 Å². The Hall–Kier alpha value is -0.0700. The maximum Gasteiger partial charge on any atom is 0.234 e. The number of carbonyl (C=O) groups excluding carboxylic acids is 1. The number of hydrogen-bond donors (Lipinski definition) is 2. The second-order valence-corrected chi connectivity index (χ2v) is 5.29. The van der Waals surface area contributed by atoms with Gasteiger partial charge in [0.25, 0.3) is 0 Å². The second kappa shape index (κ2) is 10.6. The van der Waals surface area contributed by atoms with Crippen molar-refractivity contribution < 1.29 is 9.53 Å². The summed E-state index contributed by atoms with van der Waals surface area (Å²) in [5.74, 6) is 0.113. The Bertz CT molecular complexity index is 282. The predicted molar refractivity (Wildman–Crippen MR) is 85.0 cm³/mol. The molecule has 120 valence electrons. The lowest BCUT2D eigenvalue weighted by atomic mass is 9.97. The Kier molecular flexibility index (Phi) is 10.6. The van der Waals surface area contributed by atoms with E-state index < -0.39 is 0 Å². The van der Waals surface area contributed by atoms with E-state index in [-0.39, 0.29) is 30.7 Å². The Morgan fingerprint density at radius 1 is 1.30 bits per heavy atom. The summed E-state index contributed by atoms with van der Waals surface area (Å²) in [6.07, 6.45) is 4.85. The number of nitrogens with one attached hydrogen (secondary N) is 2. The summed E-state index contributed by atoms with van der Waals surface area (Å²) in [5.41, 5.74) is 0. The molecule has 1 amide bonds. The van der Waals surface area contributed by atoms with Crippen molar-refractivity contribution in [3.8, 4) is 0 Å². The lowest BCUT2D eigenvalue weighted by Crippen LogP contribution is -2.49. The molecule has 2 atom stereocenters. The highest BCUT2D eigenvalue weighted by Gasteiger charge is 2.31. The molecule has 2 unspecified atom stereocenters. The van der Waals surface area contributed by atoms with Crippen molar-refractivity contribution in [3.63, 3.8) is 0 Å². The number of rotatable bonds is 6. The summed E-state index contributed by atoms with van der Waals surface area (Å²) in [7, 11) is 1.66. The van der Waals surface area contributed by atoms with Crippen LogP contribution in [0.5, 0.6) is 0 Å². The number of carbonyl (C=O) groups is 1. The van der Waals surface area contributed by atoms with Gasteiger partial charge in [-0.1, -0.05) is 0 Å². The first kappa shape index (κ1) is 19.9. The van der Waals surface area contributed by atoms with Crippen LogP contribution in [0, 0.1) is 0 Å². The monoisotopic (exact) mass is 327 g/mol. The fourth-order valence-electron chi connectivity index (χ4n) is 3.01. The minimum absolute atomic E-state index is 0. The van der Waals surface area contributed by atoms with Crippen LogP contribution in [-0.2, 0) is 9.53 Å². The Morgan fingerprint density at radius 2 is 2.10 bits per heavy atom. The first-order valence-corrected chi connectivity index (χ1v) is 7.02. The van der Waals surface area contributed by atoms with Crippen molar-refractivity contribution in [2.45, 2.75) is 37.8 Å². The van der Waals surface area contributed by atoms with Crippen molar-refractivity contribution >= 4 is 30.7 Å². The molecule has 0 aliphatic carbocycles. The molecule has 0 aromatic rings. The molecule has 2 rings (SSSR count). The lowest BCUT2D eigenvalue weighted by molar-refractivity contribution is -0.121. The standard InChI is InChI=1S/C13H25N3O2.2ClH/c1-18-8-5-14-10-13(17)15-11-4-7-16-6-2-3-12(16)9-11;;/h11-12,14H,2-10H2,1H3,(H,15,17);2*1H. The quantitative estimate of drug-likeness (QED) is 0.709. The SMILES string of the molecule is COCCNCC(=O)NC1CCN2CCCC2C1.Cl.Cl. The van der Waals surface area contributed by atoms with E-state index in [0.29, 0.717) is 25.2 Å². The third-order valence-corrected chi connectivity index (χ3v) is 3.95. The van der Waals surface area contributed by atoms with Gasteiger partial charge < -0.3 is 20.3 Å². The van der Waals surface area contributed by atoms with E-state index >= 15 is 0 Å². The Labute approximate surface area is 134 Å². The van der Waals surface area contributed by atoms with Crippen molar-refractivity contribution in [1.82, 2.24) is 15.5 Å². The normalized spacial score (nSPS) is 25.2. The smallest absolute Gasteiger partial charge is 0.234 e. The molecule has 5 nitrogen and oxygen atoms in total. The fourth-order valence-corrected chi connectivity index (χ4v) is 3.01. The van der Waals surface area contributed by atoms with Crippen LogP contribution in [-0.4, -0.2) is 62.8 Å². The highest BCUT2D eigenvalue weighted by atomic mass is 35.5. The number of hydrogen-bond acceptors (Lipinski definition) is 4. The zero-order valence-corrected chi connectivity index (χ0v) is 13.7. The highest BCUT2D eigenvalue weighted by molar-refractivity contribution is 5.85. The molecule has 0 radical (unpaired) electrons. The minimum Gasteiger partial charge on any atom is -0.383 e. The van der Waals surface area contributed by atoms with Crippen LogP contribution in [0.2, 0.25) is 0 Å². The highest BCUT2D eigenvalue weighted by Crippen LogP contribution is 2.26. The minimum atomic E-state index is 0. The molecule has 20 heavy (non-hydrogen) atoms. The predicted octanol–water partition coefficient (Wildman–Crippen LogP) is 0.809. The van der Waals surface area contributed by atoms with Crippen LogP contribution in [0.3, 0.4) is 0 Å². The second-order valence-electron chi connectivity index (χ2n) is 5.29. The number of methoxy groups -OCH3 is 1. The molecule has 0 saturated carbocycles. The Balaban J connectivity index is 0.00000180.